The highest BCUT2D eigenvalue weighted by Crippen LogP contribution is 2.33. The highest BCUT2D eigenvalue weighted by atomic mass is 16.5. The summed E-state index contributed by atoms with van der Waals surface area (Å²) in [5, 5.41) is 19.2. The van der Waals surface area contributed by atoms with Gasteiger partial charge in [0.2, 0.25) is 11.8 Å². The lowest BCUT2D eigenvalue weighted by atomic mass is 9.97. The van der Waals surface area contributed by atoms with Crippen LogP contribution in [0.4, 0.5) is 10.6 Å². The number of urea groups is 1. The van der Waals surface area contributed by atoms with Crippen LogP contribution in [0, 0.1) is 6.92 Å². The molecule has 6 aromatic rings. The number of aromatic nitrogens is 7. The number of imide groups is 1. The fourth-order valence-electron chi connectivity index (χ4n) is 7.33. The van der Waals surface area contributed by atoms with Gasteiger partial charge in [-0.25, -0.2) is 14.3 Å². The van der Waals surface area contributed by atoms with Gasteiger partial charge >= 0.3 is 6.03 Å². The number of carbonyl (C=O) groups excluding carboxylic acids is 3. The smallest absolute Gasteiger partial charge is 0.329 e. The van der Waals surface area contributed by atoms with E-state index in [0.29, 0.717) is 30.7 Å². The van der Waals surface area contributed by atoms with E-state index in [0.717, 1.165) is 71.3 Å². The first-order chi connectivity index (χ1) is 25.9. The Morgan fingerprint density at radius 2 is 1.93 bits per heavy atom. The Morgan fingerprint density at radius 1 is 1.07 bits per heavy atom. The van der Waals surface area contributed by atoms with Gasteiger partial charge in [-0.1, -0.05) is 44.1 Å². The van der Waals surface area contributed by atoms with Gasteiger partial charge in [-0.3, -0.25) is 24.5 Å². The number of hydrogen-bond donors (Lipinski definition) is 2. The van der Waals surface area contributed by atoms with Crippen LogP contribution in [0.15, 0.2) is 59.5 Å². The molecule has 1 unspecified atom stereocenters. The van der Waals surface area contributed by atoms with E-state index in [2.05, 4.69) is 77.4 Å². The van der Waals surface area contributed by atoms with Crippen molar-refractivity contribution < 1.29 is 18.9 Å². The Morgan fingerprint density at radius 3 is 2.70 bits per heavy atom. The second-order valence-electron chi connectivity index (χ2n) is 15.3. The highest BCUT2D eigenvalue weighted by Gasteiger charge is 2.30. The standard InChI is InChI=1S/C39H43N11O4/c1-23-16-26(6-7-27(23)19-40-36(52)34-44-37(54-46-34)39(2,3)4)33-31-17-24(20-50(31)42-22-41-33)10-13-48-14-11-28(21-48)25-8-9-29-30(18-25)47(5)45-35(29)49-15-12-32(51)43-38(49)53/h6-9,16-18,20,22,28H,10-15,19,21H2,1-5H3,(H,40,52)(H,43,51,53). The maximum absolute atomic E-state index is 12.7. The third-order valence-electron chi connectivity index (χ3n) is 10.4. The Hall–Kier alpha value is -5.96. The first-order valence-corrected chi connectivity index (χ1v) is 18.3. The number of hydrogen-bond acceptors (Lipinski definition) is 10. The molecule has 2 aliphatic heterocycles. The fourth-order valence-corrected chi connectivity index (χ4v) is 7.33. The Labute approximate surface area is 311 Å². The van der Waals surface area contributed by atoms with Crippen molar-refractivity contribution in [3.63, 3.8) is 0 Å². The monoisotopic (exact) mass is 729 g/mol. The van der Waals surface area contributed by atoms with Crippen molar-refractivity contribution in [2.75, 3.05) is 31.1 Å². The third-order valence-corrected chi connectivity index (χ3v) is 10.4. The normalized spacial score (nSPS) is 16.8. The second-order valence-corrected chi connectivity index (χ2v) is 15.3. The summed E-state index contributed by atoms with van der Waals surface area (Å²) in [4.78, 5) is 49.8. The number of carbonyl (C=O) groups is 3. The minimum atomic E-state index is -0.428. The van der Waals surface area contributed by atoms with E-state index in [9.17, 15) is 14.4 Å². The molecule has 8 rings (SSSR count). The Balaban J connectivity index is 0.899. The van der Waals surface area contributed by atoms with E-state index >= 15 is 0 Å². The molecule has 0 saturated carbocycles. The van der Waals surface area contributed by atoms with Gasteiger partial charge in [0, 0.05) is 62.2 Å². The summed E-state index contributed by atoms with van der Waals surface area (Å²) in [7, 11) is 1.89. The fraction of sp³-hybridized carbons (Fsp3) is 0.385. The lowest BCUT2D eigenvalue weighted by Crippen LogP contribution is -2.49. The summed E-state index contributed by atoms with van der Waals surface area (Å²) in [5.41, 5.74) is 7.85. The molecule has 2 aliphatic rings. The van der Waals surface area contributed by atoms with Crippen molar-refractivity contribution >= 4 is 40.1 Å². The summed E-state index contributed by atoms with van der Waals surface area (Å²) < 4.78 is 8.98. The number of aryl methyl sites for hydroxylation is 2. The van der Waals surface area contributed by atoms with Gasteiger partial charge in [-0.15, -0.1) is 0 Å². The van der Waals surface area contributed by atoms with Crippen molar-refractivity contribution in [1.82, 2.24) is 50.1 Å². The lowest BCUT2D eigenvalue weighted by Gasteiger charge is -2.24. The Kier molecular flexibility index (Phi) is 8.96. The number of likely N-dealkylation sites (tertiary alicyclic amines) is 1. The van der Waals surface area contributed by atoms with Crippen molar-refractivity contribution in [2.24, 2.45) is 7.05 Å². The van der Waals surface area contributed by atoms with Crippen molar-refractivity contribution in [3.8, 4) is 11.3 Å². The van der Waals surface area contributed by atoms with E-state index in [1.807, 2.05) is 56.1 Å². The number of rotatable bonds is 9. The van der Waals surface area contributed by atoms with Crippen molar-refractivity contribution in [2.45, 2.75) is 64.8 Å². The molecule has 6 heterocycles. The number of nitrogens with one attached hydrogen (secondary N) is 2. The number of anilines is 1. The zero-order chi connectivity index (χ0) is 37.7. The maximum atomic E-state index is 12.7. The second kappa shape index (κ2) is 13.8. The molecule has 15 heteroatoms. The van der Waals surface area contributed by atoms with Crippen molar-refractivity contribution in [1.29, 1.82) is 0 Å². The summed E-state index contributed by atoms with van der Waals surface area (Å²) in [5.74, 6) is 0.777. The molecule has 4 amide bonds. The van der Waals surface area contributed by atoms with Crippen LogP contribution in [0.1, 0.15) is 78.3 Å². The maximum Gasteiger partial charge on any atom is 0.329 e. The molecule has 1 atom stereocenters. The van der Waals surface area contributed by atoms with Crippen LogP contribution in [0.25, 0.3) is 27.7 Å². The van der Waals surface area contributed by atoms with Gasteiger partial charge in [-0.2, -0.15) is 15.2 Å². The van der Waals surface area contributed by atoms with Crippen LogP contribution in [-0.2, 0) is 30.2 Å². The molecule has 2 aromatic carbocycles. The summed E-state index contributed by atoms with van der Waals surface area (Å²) in [6.45, 7) is 11.4. The van der Waals surface area contributed by atoms with E-state index in [1.54, 1.807) is 11.2 Å². The van der Waals surface area contributed by atoms with E-state index in [1.165, 1.54) is 11.1 Å². The predicted molar refractivity (Wildman–Crippen MR) is 201 cm³/mol. The van der Waals surface area contributed by atoms with Crippen LogP contribution < -0.4 is 15.5 Å². The summed E-state index contributed by atoms with van der Waals surface area (Å²) in [6, 6.07) is 14.3. The number of fused-ring (bicyclic) bond motifs is 2. The number of amides is 4. The van der Waals surface area contributed by atoms with Crippen LogP contribution in [0.2, 0.25) is 0 Å². The average Bonchev–Trinajstić information content (AvgIpc) is 3.96. The van der Waals surface area contributed by atoms with E-state index in [4.69, 9.17) is 4.52 Å². The van der Waals surface area contributed by atoms with Gasteiger partial charge in [-0.05, 0) is 78.7 Å². The van der Waals surface area contributed by atoms with Gasteiger partial charge in [0.05, 0.1) is 16.7 Å². The molecule has 4 aromatic heterocycles. The molecule has 278 valence electrons. The molecule has 15 nitrogen and oxygen atoms in total. The van der Waals surface area contributed by atoms with Crippen LogP contribution >= 0.6 is 0 Å². The molecule has 2 saturated heterocycles. The molecule has 0 radical (unpaired) electrons. The van der Waals surface area contributed by atoms with Gasteiger partial charge in [0.15, 0.2) is 5.82 Å². The predicted octanol–water partition coefficient (Wildman–Crippen LogP) is 4.68. The summed E-state index contributed by atoms with van der Waals surface area (Å²) in [6.07, 6.45) is 5.88. The molecular formula is C39H43N11O4. The van der Waals surface area contributed by atoms with E-state index in [-0.39, 0.29) is 29.5 Å². The SMILES string of the molecule is Cc1cc(-c2ncnn3cc(CCN4CCC(c5ccc6c(N7CCC(=O)NC7=O)nn(C)c6c5)C4)cc23)ccc1CNC(=O)c1noc(C(C)(C)C)n1. The molecular weight excluding hydrogens is 687 g/mol. The molecule has 0 bridgehead atoms. The largest absolute Gasteiger partial charge is 0.345 e. The summed E-state index contributed by atoms with van der Waals surface area (Å²) >= 11 is 0. The minimum Gasteiger partial charge on any atom is -0.345 e. The molecule has 54 heavy (non-hydrogen) atoms. The molecule has 0 spiro atoms. The molecule has 2 fully saturated rings. The molecule has 0 aliphatic carbocycles. The first kappa shape index (κ1) is 35.1. The van der Waals surface area contributed by atoms with Gasteiger partial charge in [0.1, 0.15) is 6.33 Å². The lowest BCUT2D eigenvalue weighted by molar-refractivity contribution is -0.120. The van der Waals surface area contributed by atoms with Crippen LogP contribution in [0.5, 0.6) is 0 Å². The van der Waals surface area contributed by atoms with Crippen LogP contribution in [0.3, 0.4) is 0 Å². The number of nitrogens with zero attached hydrogens (tertiary/aromatic N) is 9. The average molecular weight is 730 g/mol. The van der Waals surface area contributed by atoms with Gasteiger partial charge < -0.3 is 14.7 Å². The topological polar surface area (TPSA) is 169 Å². The van der Waals surface area contributed by atoms with Crippen LogP contribution in [-0.4, -0.2) is 83.4 Å². The minimum absolute atomic E-state index is 0.0240. The zero-order valence-electron chi connectivity index (χ0n) is 31.1. The third kappa shape index (κ3) is 6.82. The van der Waals surface area contributed by atoms with Gasteiger partial charge in [0.25, 0.3) is 11.7 Å². The zero-order valence-corrected chi connectivity index (χ0v) is 31.1. The van der Waals surface area contributed by atoms with E-state index < -0.39 is 6.03 Å². The molecule has 2 N–H and O–H groups in total. The Bertz CT molecular complexity index is 2420. The quantitative estimate of drug-likeness (QED) is 0.213. The first-order valence-electron chi connectivity index (χ1n) is 18.3. The number of benzene rings is 2. The highest BCUT2D eigenvalue weighted by molar-refractivity contribution is 6.08. The van der Waals surface area contributed by atoms with Crippen molar-refractivity contribution in [3.05, 3.63) is 89.0 Å².